The molecule has 0 aliphatic carbocycles. The lowest BCUT2D eigenvalue weighted by Crippen LogP contribution is -2.81. The maximum atomic E-state index is 6.65. The molecule has 0 rings (SSSR count). The fourth-order valence-electron chi connectivity index (χ4n) is 5.04. The molecule has 9 nitrogen and oxygen atoms in total. The molecule has 0 aliphatic heterocycles. The summed E-state index contributed by atoms with van der Waals surface area (Å²) in [6.07, 6.45) is 6.16. The van der Waals surface area contributed by atoms with Crippen molar-refractivity contribution in [2.75, 3.05) is 59.4 Å². The Labute approximate surface area is 246 Å². The highest BCUT2D eigenvalue weighted by atomic mass is 28.2. The maximum Gasteiger partial charge on any atom is 0.285 e. The van der Waals surface area contributed by atoms with Crippen molar-refractivity contribution < 1.29 is 37.9 Å². The van der Waals surface area contributed by atoms with Gasteiger partial charge in [-0.3, -0.25) is 0 Å². The first kappa shape index (κ1) is 39.1. The van der Waals surface area contributed by atoms with E-state index in [-0.39, 0.29) is 0 Å². The van der Waals surface area contributed by atoms with Crippen LogP contribution < -0.4 is 0 Å². The molecule has 236 valence electrons. The molecule has 11 heteroatoms. The zero-order valence-electron chi connectivity index (χ0n) is 27.3. The average molecular weight is 598 g/mol. The van der Waals surface area contributed by atoms with Crippen molar-refractivity contribution in [3.05, 3.63) is 0 Å². The number of hydrogen-bond acceptors (Lipinski definition) is 9. The predicted molar refractivity (Wildman–Crippen MR) is 164 cm³/mol. The molecule has 0 fully saturated rings. The molecule has 0 aromatic heterocycles. The Morgan fingerprint density at radius 3 is 0.974 bits per heavy atom. The van der Waals surface area contributed by atoms with Gasteiger partial charge in [0.1, 0.15) is 0 Å². The highest BCUT2D eigenvalue weighted by Gasteiger charge is 2.68. The van der Waals surface area contributed by atoms with Gasteiger partial charge in [-0.05, 0) is 54.4 Å². The van der Waals surface area contributed by atoms with Crippen LogP contribution in [-0.2, 0) is 37.9 Å². The molecule has 2 unspecified atom stereocenters. The standard InChI is InChI=1S/C28H63NO8Si2/c1-10-19-21-23-36-27(38,34-17-8)25(30-13-4,31-14-5)29(12-3)26(32-15-6,33-16-7)28(39,35-18-9)37-24-22-20-11-2/h10-24H2,1-9,38-39H3. The number of unbranched alkanes of at least 4 members (excludes halogenated alkanes) is 4. The fourth-order valence-corrected chi connectivity index (χ4v) is 7.14. The predicted octanol–water partition coefficient (Wildman–Crippen LogP) is 3.29. The highest BCUT2D eigenvalue weighted by Crippen LogP contribution is 2.45. The third-order valence-corrected chi connectivity index (χ3v) is 9.04. The maximum absolute atomic E-state index is 6.65. The third-order valence-electron chi connectivity index (χ3n) is 6.62. The van der Waals surface area contributed by atoms with Crippen molar-refractivity contribution in [3.8, 4) is 0 Å². The number of nitrogens with zero attached hydrogens (tertiary/aromatic N) is 1. The average Bonchev–Trinajstić information content (AvgIpc) is 2.90. The smallest absolute Gasteiger partial charge is 0.285 e. The van der Waals surface area contributed by atoms with Crippen LogP contribution >= 0.6 is 0 Å². The van der Waals surface area contributed by atoms with Gasteiger partial charge in [-0.15, -0.1) is 0 Å². The second-order valence-electron chi connectivity index (χ2n) is 9.51. The summed E-state index contributed by atoms with van der Waals surface area (Å²) in [5.41, 5.74) is -2.37. The Morgan fingerprint density at radius 1 is 0.436 bits per heavy atom. The van der Waals surface area contributed by atoms with Crippen molar-refractivity contribution in [2.45, 2.75) is 123 Å². The number of hydrogen-bond donors (Lipinski definition) is 0. The molecular formula is C28H63NO8Si2. The summed E-state index contributed by atoms with van der Waals surface area (Å²) in [5, 5.41) is 0. The van der Waals surface area contributed by atoms with E-state index in [0.29, 0.717) is 79.9 Å². The van der Waals surface area contributed by atoms with Gasteiger partial charge in [0, 0.05) is 59.4 Å². The first-order valence-electron chi connectivity index (χ1n) is 15.6. The normalized spacial score (nSPS) is 16.2. The Morgan fingerprint density at radius 2 is 0.744 bits per heavy atom. The van der Waals surface area contributed by atoms with Gasteiger partial charge in [0.2, 0.25) is 10.8 Å². The zero-order valence-corrected chi connectivity index (χ0v) is 31.3. The van der Waals surface area contributed by atoms with Crippen LogP contribution in [0.4, 0.5) is 0 Å². The summed E-state index contributed by atoms with van der Waals surface area (Å²) in [4.78, 5) is 1.96. The molecular weight excluding hydrogens is 534 g/mol. The lowest BCUT2D eigenvalue weighted by molar-refractivity contribution is -0.515. The van der Waals surface area contributed by atoms with Crippen LogP contribution in [0, 0.1) is 0 Å². The molecule has 0 aliphatic rings. The Balaban J connectivity index is 7.30. The molecule has 0 saturated heterocycles. The van der Waals surface area contributed by atoms with Crippen molar-refractivity contribution >= 4 is 20.5 Å². The molecule has 0 aromatic carbocycles. The van der Waals surface area contributed by atoms with Crippen LogP contribution in [0.2, 0.25) is 0 Å². The van der Waals surface area contributed by atoms with Crippen LogP contribution in [0.1, 0.15) is 101 Å². The quantitative estimate of drug-likeness (QED) is 0.0805. The summed E-state index contributed by atoms with van der Waals surface area (Å²) >= 11 is 0. The lowest BCUT2D eigenvalue weighted by atomic mass is 10.2. The van der Waals surface area contributed by atoms with Gasteiger partial charge in [-0.1, -0.05) is 46.5 Å². The van der Waals surface area contributed by atoms with E-state index in [1.54, 1.807) is 0 Å². The summed E-state index contributed by atoms with van der Waals surface area (Å²) in [7, 11) is 0.904. The van der Waals surface area contributed by atoms with Gasteiger partial charge < -0.3 is 37.9 Å². The first-order valence-corrected chi connectivity index (χ1v) is 17.6. The summed E-state index contributed by atoms with van der Waals surface area (Å²) in [6.45, 7) is 21.9. The van der Waals surface area contributed by atoms with Crippen molar-refractivity contribution in [2.24, 2.45) is 0 Å². The van der Waals surface area contributed by atoms with E-state index in [9.17, 15) is 0 Å². The molecule has 0 aromatic rings. The van der Waals surface area contributed by atoms with Crippen molar-refractivity contribution in [3.63, 3.8) is 0 Å². The van der Waals surface area contributed by atoms with Gasteiger partial charge in [-0.25, -0.2) is 0 Å². The van der Waals surface area contributed by atoms with E-state index in [2.05, 4.69) is 13.8 Å². The molecule has 0 radical (unpaired) electrons. The summed E-state index contributed by atoms with van der Waals surface area (Å²) in [5.74, 6) is -2.97. The number of likely N-dealkylation sites (N-methyl/N-ethyl adjacent to an activating group) is 1. The molecule has 0 amide bonds. The second kappa shape index (κ2) is 20.9. The fraction of sp³-hybridized carbons (Fsp3) is 1.00. The highest BCUT2D eigenvalue weighted by molar-refractivity contribution is 6.15. The zero-order chi connectivity index (χ0) is 29.8. The van der Waals surface area contributed by atoms with Gasteiger partial charge in [0.25, 0.3) is 11.8 Å². The van der Waals surface area contributed by atoms with E-state index in [4.69, 9.17) is 37.9 Å². The van der Waals surface area contributed by atoms with E-state index < -0.39 is 22.6 Å². The monoisotopic (exact) mass is 597 g/mol. The number of rotatable bonds is 27. The molecule has 39 heavy (non-hydrogen) atoms. The van der Waals surface area contributed by atoms with E-state index in [0.717, 1.165) is 38.5 Å². The van der Waals surface area contributed by atoms with Crippen LogP contribution in [0.3, 0.4) is 0 Å². The van der Waals surface area contributed by atoms with E-state index in [1.165, 1.54) is 0 Å². The summed E-state index contributed by atoms with van der Waals surface area (Å²) in [6, 6.07) is 0. The van der Waals surface area contributed by atoms with Gasteiger partial charge in [0.15, 0.2) is 0 Å². The van der Waals surface area contributed by atoms with Crippen LogP contribution in [0.5, 0.6) is 0 Å². The van der Waals surface area contributed by atoms with E-state index in [1.807, 2.05) is 53.4 Å². The van der Waals surface area contributed by atoms with Crippen LogP contribution in [-0.4, -0.2) is 107 Å². The third kappa shape index (κ3) is 10.1. The minimum absolute atomic E-state index is 0.361. The molecule has 0 N–H and O–H groups in total. The Kier molecular flexibility index (Phi) is 20.9. The van der Waals surface area contributed by atoms with Crippen molar-refractivity contribution in [1.29, 1.82) is 0 Å². The minimum Gasteiger partial charge on any atom is -0.349 e. The van der Waals surface area contributed by atoms with Gasteiger partial charge in [0.05, 0.1) is 20.5 Å². The molecule has 2 atom stereocenters. The lowest BCUT2D eigenvalue weighted by Gasteiger charge is -2.59. The molecule has 0 bridgehead atoms. The van der Waals surface area contributed by atoms with Crippen LogP contribution in [0.25, 0.3) is 0 Å². The Hall–Kier alpha value is 0.0738. The molecule has 0 heterocycles. The SMILES string of the molecule is CCCCCOC([SiH3])(OCC)C(OCC)(OCC)N(CC)C(OCC)(OCC)C([SiH3])(OCC)OCCCCC. The van der Waals surface area contributed by atoms with E-state index >= 15 is 0 Å². The first-order chi connectivity index (χ1) is 18.7. The molecule has 0 spiro atoms. The Bertz CT molecular complexity index is 546. The van der Waals surface area contributed by atoms with Gasteiger partial charge in [-0.2, -0.15) is 4.90 Å². The minimum atomic E-state index is -1.48. The molecule has 0 saturated carbocycles. The van der Waals surface area contributed by atoms with Crippen LogP contribution in [0.15, 0.2) is 0 Å². The largest absolute Gasteiger partial charge is 0.349 e. The second-order valence-corrected chi connectivity index (χ2v) is 12.1. The number of ether oxygens (including phenoxy) is 8. The summed E-state index contributed by atoms with van der Waals surface area (Å²) < 4.78 is 52.8. The van der Waals surface area contributed by atoms with Gasteiger partial charge >= 0.3 is 0 Å². The van der Waals surface area contributed by atoms with Crippen molar-refractivity contribution in [1.82, 2.24) is 4.90 Å². The topological polar surface area (TPSA) is 77.1 Å².